The van der Waals surface area contributed by atoms with Gasteiger partial charge in [-0.2, -0.15) is 0 Å². The summed E-state index contributed by atoms with van der Waals surface area (Å²) in [7, 11) is 0. The van der Waals surface area contributed by atoms with Crippen molar-refractivity contribution in [1.82, 2.24) is 0 Å². The van der Waals surface area contributed by atoms with E-state index in [1.165, 1.54) is 0 Å². The van der Waals surface area contributed by atoms with Gasteiger partial charge in [-0.05, 0) is 74.2 Å². The van der Waals surface area contributed by atoms with Gasteiger partial charge in [-0.25, -0.2) is 9.59 Å². The minimum atomic E-state index is -0.466. The van der Waals surface area contributed by atoms with E-state index in [2.05, 4.69) is 0 Å². The van der Waals surface area contributed by atoms with Crippen LogP contribution in [-0.4, -0.2) is 11.9 Å². The van der Waals surface area contributed by atoms with Gasteiger partial charge in [-0.15, -0.1) is 0 Å². The highest BCUT2D eigenvalue weighted by molar-refractivity contribution is 5.95. The Bertz CT molecular complexity index is 908. The summed E-state index contributed by atoms with van der Waals surface area (Å²) in [5.41, 5.74) is 4.30. The fourth-order valence-corrected chi connectivity index (χ4v) is 2.97. The van der Waals surface area contributed by atoms with Crippen LogP contribution in [0.1, 0.15) is 43.0 Å². The number of ether oxygens (including phenoxy) is 2. The van der Waals surface area contributed by atoms with Crippen LogP contribution < -0.4 is 9.47 Å². The third kappa shape index (κ3) is 4.12. The van der Waals surface area contributed by atoms with Crippen molar-refractivity contribution >= 4 is 11.9 Å². The molecule has 3 rings (SSSR count). The number of carbonyl (C=O) groups excluding carboxylic acids is 2. The second kappa shape index (κ2) is 8.09. The van der Waals surface area contributed by atoms with Gasteiger partial charge in [0.1, 0.15) is 11.5 Å². The number of rotatable bonds is 4. The Kier molecular flexibility index (Phi) is 5.59. The number of carbonyl (C=O) groups is 2. The lowest BCUT2D eigenvalue weighted by Crippen LogP contribution is -2.13. The van der Waals surface area contributed by atoms with Crippen LogP contribution in [-0.2, 0) is 0 Å². The van der Waals surface area contributed by atoms with Crippen LogP contribution in [0, 0.1) is 27.7 Å². The van der Waals surface area contributed by atoms with Gasteiger partial charge in [0.25, 0.3) is 0 Å². The van der Waals surface area contributed by atoms with Crippen molar-refractivity contribution in [3.63, 3.8) is 0 Å². The third-order valence-corrected chi connectivity index (χ3v) is 4.56. The van der Waals surface area contributed by atoms with Gasteiger partial charge >= 0.3 is 11.9 Å². The number of aryl methyl sites for hydroxylation is 4. The van der Waals surface area contributed by atoms with E-state index < -0.39 is 11.9 Å². The maximum absolute atomic E-state index is 12.4. The average molecular weight is 374 g/mol. The number of esters is 2. The molecule has 0 aliphatic heterocycles. The molecule has 0 spiro atoms. The summed E-state index contributed by atoms with van der Waals surface area (Å²) < 4.78 is 11.1. The summed E-state index contributed by atoms with van der Waals surface area (Å²) >= 11 is 0. The van der Waals surface area contributed by atoms with Crippen LogP contribution in [0.5, 0.6) is 11.5 Å². The molecule has 4 heteroatoms. The van der Waals surface area contributed by atoms with Gasteiger partial charge in [-0.1, -0.05) is 36.4 Å². The van der Waals surface area contributed by atoms with Crippen molar-refractivity contribution in [2.75, 3.05) is 0 Å². The highest BCUT2D eigenvalue weighted by atomic mass is 16.5. The van der Waals surface area contributed by atoms with E-state index in [1.54, 1.807) is 24.3 Å². The van der Waals surface area contributed by atoms with E-state index in [1.807, 2.05) is 64.1 Å². The Hall–Kier alpha value is -3.40. The molecule has 0 bridgehead atoms. The van der Waals surface area contributed by atoms with Crippen molar-refractivity contribution in [1.29, 1.82) is 0 Å². The number of benzene rings is 3. The number of para-hydroxylation sites is 2. The highest BCUT2D eigenvalue weighted by Crippen LogP contribution is 2.25. The maximum Gasteiger partial charge on any atom is 0.343 e. The molecule has 0 saturated carbocycles. The Labute approximate surface area is 164 Å². The van der Waals surface area contributed by atoms with E-state index >= 15 is 0 Å². The molecule has 0 amide bonds. The zero-order valence-electron chi connectivity index (χ0n) is 16.4. The molecule has 0 aliphatic rings. The van der Waals surface area contributed by atoms with Crippen molar-refractivity contribution < 1.29 is 19.1 Å². The molecule has 0 aromatic heterocycles. The first-order valence-corrected chi connectivity index (χ1v) is 9.03. The Balaban J connectivity index is 1.74. The summed E-state index contributed by atoms with van der Waals surface area (Å²) in [5.74, 6) is 0.191. The summed E-state index contributed by atoms with van der Waals surface area (Å²) in [6, 6.07) is 17.7. The van der Waals surface area contributed by atoms with E-state index in [0.29, 0.717) is 22.6 Å². The van der Waals surface area contributed by atoms with E-state index in [0.717, 1.165) is 22.3 Å². The molecule has 0 saturated heterocycles. The molecule has 0 unspecified atom stereocenters. The third-order valence-electron chi connectivity index (χ3n) is 4.56. The van der Waals surface area contributed by atoms with Gasteiger partial charge in [0.05, 0.1) is 11.1 Å². The van der Waals surface area contributed by atoms with Crippen LogP contribution in [0.2, 0.25) is 0 Å². The first-order valence-electron chi connectivity index (χ1n) is 9.03. The SMILES string of the molecule is Cc1cccc(C)c1OC(=O)c1ccc(C(=O)Oc2c(C)cccc2C)cc1. The quantitative estimate of drug-likeness (QED) is 0.456. The lowest BCUT2D eigenvalue weighted by atomic mass is 10.1. The molecule has 4 nitrogen and oxygen atoms in total. The van der Waals surface area contributed by atoms with Crippen LogP contribution in [0.4, 0.5) is 0 Å². The highest BCUT2D eigenvalue weighted by Gasteiger charge is 2.15. The van der Waals surface area contributed by atoms with Crippen LogP contribution in [0.25, 0.3) is 0 Å². The summed E-state index contributed by atoms with van der Waals surface area (Å²) in [5, 5.41) is 0. The van der Waals surface area contributed by atoms with Crippen molar-refractivity contribution in [2.45, 2.75) is 27.7 Å². The number of hydrogen-bond donors (Lipinski definition) is 0. The minimum Gasteiger partial charge on any atom is -0.422 e. The first-order chi connectivity index (χ1) is 13.4. The van der Waals surface area contributed by atoms with E-state index in [-0.39, 0.29) is 0 Å². The van der Waals surface area contributed by atoms with Crippen LogP contribution in [0.15, 0.2) is 60.7 Å². The Morgan fingerprint density at radius 3 is 1.11 bits per heavy atom. The molecule has 0 fully saturated rings. The summed E-state index contributed by atoms with van der Waals surface area (Å²) in [4.78, 5) is 24.9. The second-order valence-corrected chi connectivity index (χ2v) is 6.80. The maximum atomic E-state index is 12.4. The zero-order chi connectivity index (χ0) is 20.3. The van der Waals surface area contributed by atoms with Gasteiger partial charge < -0.3 is 9.47 Å². The molecule has 3 aromatic rings. The molecule has 142 valence electrons. The Morgan fingerprint density at radius 2 is 0.821 bits per heavy atom. The molecule has 28 heavy (non-hydrogen) atoms. The second-order valence-electron chi connectivity index (χ2n) is 6.80. The van der Waals surface area contributed by atoms with Crippen LogP contribution in [0.3, 0.4) is 0 Å². The van der Waals surface area contributed by atoms with Crippen LogP contribution >= 0.6 is 0 Å². The first kappa shape index (κ1) is 19.4. The fourth-order valence-electron chi connectivity index (χ4n) is 2.97. The monoisotopic (exact) mass is 374 g/mol. The predicted molar refractivity (Wildman–Crippen MR) is 108 cm³/mol. The smallest absolute Gasteiger partial charge is 0.343 e. The normalized spacial score (nSPS) is 10.4. The Morgan fingerprint density at radius 1 is 0.536 bits per heavy atom. The topological polar surface area (TPSA) is 52.6 Å². The van der Waals surface area contributed by atoms with Gasteiger partial charge in [0, 0.05) is 0 Å². The molecular formula is C24H22O4. The zero-order valence-corrected chi connectivity index (χ0v) is 16.4. The minimum absolute atomic E-state index is 0.367. The van der Waals surface area contributed by atoms with Gasteiger partial charge in [0.2, 0.25) is 0 Å². The molecule has 0 aliphatic carbocycles. The summed E-state index contributed by atoms with van der Waals surface area (Å²) in [6.07, 6.45) is 0. The van der Waals surface area contributed by atoms with Crippen molar-refractivity contribution in [3.05, 3.63) is 94.0 Å². The van der Waals surface area contributed by atoms with Crippen molar-refractivity contribution in [2.24, 2.45) is 0 Å². The standard InChI is InChI=1S/C24H22O4/c1-15-7-5-8-16(2)21(15)27-23(25)19-11-13-20(14-12-19)24(26)28-22-17(3)9-6-10-18(22)4/h5-14H,1-4H3. The summed E-state index contributed by atoms with van der Waals surface area (Å²) in [6.45, 7) is 7.56. The largest absolute Gasteiger partial charge is 0.422 e. The predicted octanol–water partition coefficient (Wildman–Crippen LogP) is 5.36. The molecular weight excluding hydrogens is 352 g/mol. The van der Waals surface area contributed by atoms with Gasteiger partial charge in [-0.3, -0.25) is 0 Å². The van der Waals surface area contributed by atoms with E-state index in [9.17, 15) is 9.59 Å². The lowest BCUT2D eigenvalue weighted by molar-refractivity contribution is 0.0718. The molecule has 3 aromatic carbocycles. The van der Waals surface area contributed by atoms with Crippen molar-refractivity contribution in [3.8, 4) is 11.5 Å². The number of hydrogen-bond acceptors (Lipinski definition) is 4. The lowest BCUT2D eigenvalue weighted by Gasteiger charge is -2.11. The molecule has 0 atom stereocenters. The van der Waals surface area contributed by atoms with Gasteiger partial charge in [0.15, 0.2) is 0 Å². The molecule has 0 radical (unpaired) electrons. The van der Waals surface area contributed by atoms with E-state index in [4.69, 9.17) is 9.47 Å². The average Bonchev–Trinajstić information content (AvgIpc) is 2.67. The molecule has 0 N–H and O–H groups in total. The fraction of sp³-hybridized carbons (Fsp3) is 0.167. The molecule has 0 heterocycles.